The SMILES string of the molecule is CCCNC(=O)[C@H](Cc1ccccc1)N(Cc1cccc(Cl)c1)C(=O)CN(c1ccc(C)cc1)S(=O)(=O)c1ccccc1. The molecular weight excluding hydrogens is 582 g/mol. The van der Waals surface area contributed by atoms with Gasteiger partial charge in [0.25, 0.3) is 10.0 Å². The van der Waals surface area contributed by atoms with Gasteiger partial charge in [-0.25, -0.2) is 8.42 Å². The van der Waals surface area contributed by atoms with Gasteiger partial charge in [0.05, 0.1) is 10.6 Å². The number of nitrogens with one attached hydrogen (secondary N) is 1. The van der Waals surface area contributed by atoms with Crippen molar-refractivity contribution in [3.8, 4) is 0 Å². The Morgan fingerprint density at radius 1 is 0.837 bits per heavy atom. The molecule has 0 aliphatic heterocycles. The lowest BCUT2D eigenvalue weighted by atomic mass is 10.0. The maximum absolute atomic E-state index is 14.4. The van der Waals surface area contributed by atoms with E-state index in [0.29, 0.717) is 17.3 Å². The van der Waals surface area contributed by atoms with Crippen LogP contribution in [0, 0.1) is 6.92 Å². The van der Waals surface area contributed by atoms with Gasteiger partial charge in [0, 0.05) is 24.5 Å². The van der Waals surface area contributed by atoms with Crippen LogP contribution in [0.1, 0.15) is 30.0 Å². The minimum atomic E-state index is -4.13. The molecule has 2 amide bonds. The zero-order valence-electron chi connectivity index (χ0n) is 24.3. The molecule has 1 N–H and O–H groups in total. The number of aryl methyl sites for hydroxylation is 1. The van der Waals surface area contributed by atoms with Crippen molar-refractivity contribution in [2.45, 2.75) is 44.2 Å². The largest absolute Gasteiger partial charge is 0.354 e. The molecule has 0 aliphatic rings. The van der Waals surface area contributed by atoms with Gasteiger partial charge in [-0.1, -0.05) is 96.9 Å². The fourth-order valence-corrected chi connectivity index (χ4v) is 6.36. The molecule has 7 nitrogen and oxygen atoms in total. The summed E-state index contributed by atoms with van der Waals surface area (Å²) in [5, 5.41) is 3.44. The Kier molecular flexibility index (Phi) is 11.0. The highest BCUT2D eigenvalue weighted by atomic mass is 35.5. The van der Waals surface area contributed by atoms with E-state index in [9.17, 15) is 18.0 Å². The van der Waals surface area contributed by atoms with Crippen molar-refractivity contribution in [3.05, 3.63) is 131 Å². The Hall–Kier alpha value is -4.14. The third-order valence-corrected chi connectivity index (χ3v) is 9.02. The molecule has 4 aromatic carbocycles. The molecule has 0 saturated heterocycles. The van der Waals surface area contributed by atoms with Crippen LogP contribution in [0.4, 0.5) is 5.69 Å². The molecule has 43 heavy (non-hydrogen) atoms. The van der Waals surface area contributed by atoms with Crippen molar-refractivity contribution >= 4 is 39.1 Å². The highest BCUT2D eigenvalue weighted by Crippen LogP contribution is 2.25. The number of carbonyl (C=O) groups excluding carboxylic acids is 2. The number of benzene rings is 4. The van der Waals surface area contributed by atoms with Gasteiger partial charge in [-0.2, -0.15) is 0 Å². The lowest BCUT2D eigenvalue weighted by Crippen LogP contribution is -2.53. The molecule has 1 atom stereocenters. The second-order valence-electron chi connectivity index (χ2n) is 10.3. The number of nitrogens with zero attached hydrogens (tertiary/aromatic N) is 2. The Bertz CT molecular complexity index is 1610. The molecule has 0 spiro atoms. The highest BCUT2D eigenvalue weighted by molar-refractivity contribution is 7.92. The molecule has 0 heterocycles. The molecule has 0 aliphatic carbocycles. The number of anilines is 1. The summed E-state index contributed by atoms with van der Waals surface area (Å²) in [6.45, 7) is 3.86. The molecule has 0 bridgehead atoms. The van der Waals surface area contributed by atoms with Gasteiger partial charge in [0.15, 0.2) is 0 Å². The van der Waals surface area contributed by atoms with Crippen LogP contribution < -0.4 is 9.62 Å². The average Bonchev–Trinajstić information content (AvgIpc) is 3.01. The van der Waals surface area contributed by atoms with E-state index in [4.69, 9.17) is 11.6 Å². The van der Waals surface area contributed by atoms with Gasteiger partial charge >= 0.3 is 0 Å². The van der Waals surface area contributed by atoms with Crippen LogP contribution in [-0.2, 0) is 32.6 Å². The number of hydrogen-bond acceptors (Lipinski definition) is 4. The zero-order valence-corrected chi connectivity index (χ0v) is 25.9. The van der Waals surface area contributed by atoms with Gasteiger partial charge in [0.1, 0.15) is 12.6 Å². The highest BCUT2D eigenvalue weighted by Gasteiger charge is 2.34. The second-order valence-corrected chi connectivity index (χ2v) is 12.6. The number of amides is 2. The normalized spacial score (nSPS) is 11.9. The third kappa shape index (κ3) is 8.46. The Balaban J connectivity index is 1.78. The molecule has 0 radical (unpaired) electrons. The first-order valence-electron chi connectivity index (χ1n) is 14.2. The predicted molar refractivity (Wildman–Crippen MR) is 171 cm³/mol. The van der Waals surface area contributed by atoms with Crippen molar-refractivity contribution in [3.63, 3.8) is 0 Å². The fraction of sp³-hybridized carbons (Fsp3) is 0.235. The molecule has 4 aromatic rings. The van der Waals surface area contributed by atoms with Gasteiger partial charge in [-0.05, 0) is 60.9 Å². The van der Waals surface area contributed by atoms with Crippen LogP contribution in [0.15, 0.2) is 114 Å². The quantitative estimate of drug-likeness (QED) is 0.199. The molecule has 0 aromatic heterocycles. The number of rotatable bonds is 13. The van der Waals surface area contributed by atoms with Crippen molar-refractivity contribution in [2.75, 3.05) is 17.4 Å². The van der Waals surface area contributed by atoms with Gasteiger partial charge in [-0.3, -0.25) is 13.9 Å². The second kappa shape index (κ2) is 14.8. The summed E-state index contributed by atoms with van der Waals surface area (Å²) in [6.07, 6.45) is 0.973. The van der Waals surface area contributed by atoms with Crippen LogP contribution in [-0.4, -0.2) is 44.3 Å². The topological polar surface area (TPSA) is 86.8 Å². The van der Waals surface area contributed by atoms with Gasteiger partial charge in [-0.15, -0.1) is 0 Å². The summed E-state index contributed by atoms with van der Waals surface area (Å²) >= 11 is 6.28. The van der Waals surface area contributed by atoms with E-state index in [1.165, 1.54) is 17.0 Å². The number of halogens is 1. The lowest BCUT2D eigenvalue weighted by Gasteiger charge is -2.34. The third-order valence-electron chi connectivity index (χ3n) is 6.99. The summed E-state index contributed by atoms with van der Waals surface area (Å²) < 4.78 is 29.1. The van der Waals surface area contributed by atoms with Crippen molar-refractivity contribution in [1.82, 2.24) is 10.2 Å². The summed E-state index contributed by atoms with van der Waals surface area (Å²) in [7, 11) is -4.13. The summed E-state index contributed by atoms with van der Waals surface area (Å²) in [4.78, 5) is 29.6. The first-order valence-corrected chi connectivity index (χ1v) is 16.0. The average molecular weight is 618 g/mol. The Morgan fingerprint density at radius 3 is 2.09 bits per heavy atom. The van der Waals surface area contributed by atoms with E-state index in [1.807, 2.05) is 50.2 Å². The standard InChI is InChI=1S/C34H36ClN3O4S/c1-3-21-36-34(40)32(23-27-11-6-4-7-12-27)37(24-28-13-10-14-29(35)22-28)33(39)25-38(30-19-17-26(2)18-20-30)43(41,42)31-15-8-5-9-16-31/h4-20,22,32H,3,21,23-25H2,1-2H3,(H,36,40)/t32-/m0/s1. The van der Waals surface area contributed by atoms with Crippen LogP contribution in [0.2, 0.25) is 5.02 Å². The molecule has 0 fully saturated rings. The number of hydrogen-bond donors (Lipinski definition) is 1. The zero-order chi connectivity index (χ0) is 30.8. The summed E-state index contributed by atoms with van der Waals surface area (Å²) in [5.74, 6) is -0.832. The van der Waals surface area contributed by atoms with E-state index in [2.05, 4.69) is 5.32 Å². The summed E-state index contributed by atoms with van der Waals surface area (Å²) in [6, 6.07) is 30.6. The van der Waals surface area contributed by atoms with E-state index in [-0.39, 0.29) is 23.8 Å². The van der Waals surface area contributed by atoms with E-state index < -0.39 is 28.5 Å². The van der Waals surface area contributed by atoms with Crippen molar-refractivity contribution in [1.29, 1.82) is 0 Å². The van der Waals surface area contributed by atoms with Crippen LogP contribution in [0.25, 0.3) is 0 Å². The lowest BCUT2D eigenvalue weighted by molar-refractivity contribution is -0.140. The summed E-state index contributed by atoms with van der Waals surface area (Å²) in [5.41, 5.74) is 2.89. The molecule has 224 valence electrons. The Labute approximate surface area is 259 Å². The molecule has 0 saturated carbocycles. The molecule has 0 unspecified atom stereocenters. The van der Waals surface area contributed by atoms with Gasteiger partial charge < -0.3 is 10.2 Å². The first-order chi connectivity index (χ1) is 20.7. The van der Waals surface area contributed by atoms with E-state index >= 15 is 0 Å². The smallest absolute Gasteiger partial charge is 0.264 e. The minimum Gasteiger partial charge on any atom is -0.354 e. The number of carbonyl (C=O) groups is 2. The molecule has 9 heteroatoms. The molecular formula is C34H36ClN3O4S. The van der Waals surface area contributed by atoms with Crippen molar-refractivity contribution < 1.29 is 18.0 Å². The van der Waals surface area contributed by atoms with Crippen molar-refractivity contribution in [2.24, 2.45) is 0 Å². The maximum Gasteiger partial charge on any atom is 0.264 e. The predicted octanol–water partition coefficient (Wildman–Crippen LogP) is 6.01. The first kappa shape index (κ1) is 31.8. The van der Waals surface area contributed by atoms with E-state index in [0.717, 1.165) is 27.4 Å². The fourth-order valence-electron chi connectivity index (χ4n) is 4.71. The van der Waals surface area contributed by atoms with Crippen LogP contribution in [0.5, 0.6) is 0 Å². The minimum absolute atomic E-state index is 0.0591. The maximum atomic E-state index is 14.4. The van der Waals surface area contributed by atoms with Crippen LogP contribution in [0.3, 0.4) is 0 Å². The monoisotopic (exact) mass is 617 g/mol. The van der Waals surface area contributed by atoms with Crippen LogP contribution >= 0.6 is 11.6 Å². The van der Waals surface area contributed by atoms with Gasteiger partial charge in [0.2, 0.25) is 11.8 Å². The Morgan fingerprint density at radius 2 is 1.47 bits per heavy atom. The van der Waals surface area contributed by atoms with E-state index in [1.54, 1.807) is 60.7 Å². The number of sulfonamides is 1. The molecule has 4 rings (SSSR count).